The van der Waals surface area contributed by atoms with E-state index >= 15 is 0 Å². The molecule has 1 N–H and O–H groups in total. The van der Waals surface area contributed by atoms with E-state index in [9.17, 15) is 0 Å². The van der Waals surface area contributed by atoms with Gasteiger partial charge in [-0.15, -0.1) is 0 Å². The van der Waals surface area contributed by atoms with E-state index in [0.717, 1.165) is 22.3 Å². The minimum Gasteiger partial charge on any atom is -0.365 e. The summed E-state index contributed by atoms with van der Waals surface area (Å²) in [6.45, 7) is 6.29. The van der Waals surface area contributed by atoms with Crippen LogP contribution in [0.2, 0.25) is 10.0 Å². The number of nitrogens with one attached hydrogen (secondary N) is 1. The summed E-state index contributed by atoms with van der Waals surface area (Å²) < 4.78 is 0. The molecule has 0 saturated heterocycles. The lowest BCUT2D eigenvalue weighted by molar-refractivity contribution is 0.631. The highest BCUT2D eigenvalue weighted by atomic mass is 35.5. The molecular formula is C18H17Cl2N3. The van der Waals surface area contributed by atoms with Gasteiger partial charge in [0.05, 0.1) is 10.5 Å². The Balaban J connectivity index is 2.22. The van der Waals surface area contributed by atoms with Gasteiger partial charge in [-0.05, 0) is 51.1 Å². The number of rotatable bonds is 2. The van der Waals surface area contributed by atoms with Gasteiger partial charge in [0.15, 0.2) is 5.82 Å². The molecule has 5 heteroatoms. The van der Waals surface area contributed by atoms with E-state index in [-0.39, 0.29) is 5.54 Å². The van der Waals surface area contributed by atoms with Gasteiger partial charge < -0.3 is 5.32 Å². The van der Waals surface area contributed by atoms with Crippen molar-refractivity contribution in [3.63, 3.8) is 0 Å². The van der Waals surface area contributed by atoms with Gasteiger partial charge in [-0.3, -0.25) is 0 Å². The fraction of sp³-hybridized carbons (Fsp3) is 0.222. The predicted octanol–water partition coefficient (Wildman–Crippen LogP) is 5.81. The molecule has 0 bridgehead atoms. The highest BCUT2D eigenvalue weighted by Gasteiger charge is 2.16. The van der Waals surface area contributed by atoms with Gasteiger partial charge in [-0.25, -0.2) is 9.97 Å². The molecule has 23 heavy (non-hydrogen) atoms. The van der Waals surface area contributed by atoms with Gasteiger partial charge in [0.1, 0.15) is 5.82 Å². The molecule has 0 saturated carbocycles. The molecule has 0 amide bonds. The predicted molar refractivity (Wildman–Crippen MR) is 98.4 cm³/mol. The van der Waals surface area contributed by atoms with Crippen LogP contribution in [0.4, 0.5) is 5.82 Å². The van der Waals surface area contributed by atoms with E-state index in [1.54, 1.807) is 12.1 Å². The van der Waals surface area contributed by atoms with Gasteiger partial charge in [-0.1, -0.05) is 35.3 Å². The minimum atomic E-state index is -0.113. The largest absolute Gasteiger partial charge is 0.365 e. The molecule has 118 valence electrons. The lowest BCUT2D eigenvalue weighted by atomic mass is 10.1. The van der Waals surface area contributed by atoms with Crippen molar-refractivity contribution in [2.75, 3.05) is 5.32 Å². The number of fused-ring (bicyclic) bond motifs is 1. The molecule has 3 aromatic rings. The number of aromatic nitrogens is 2. The maximum absolute atomic E-state index is 6.32. The van der Waals surface area contributed by atoms with Crippen molar-refractivity contribution in [2.24, 2.45) is 0 Å². The summed E-state index contributed by atoms with van der Waals surface area (Å²) in [6.07, 6.45) is 0. The second-order valence-corrected chi connectivity index (χ2v) is 7.26. The van der Waals surface area contributed by atoms with E-state index in [0.29, 0.717) is 15.9 Å². The quantitative estimate of drug-likeness (QED) is 0.636. The summed E-state index contributed by atoms with van der Waals surface area (Å²) in [6, 6.07) is 13.3. The molecule has 2 aromatic carbocycles. The van der Waals surface area contributed by atoms with Crippen molar-refractivity contribution in [2.45, 2.75) is 26.3 Å². The maximum atomic E-state index is 6.32. The molecule has 0 atom stereocenters. The number of para-hydroxylation sites is 1. The van der Waals surface area contributed by atoms with Gasteiger partial charge >= 0.3 is 0 Å². The molecule has 0 fully saturated rings. The maximum Gasteiger partial charge on any atom is 0.163 e. The molecule has 3 rings (SSSR count). The molecule has 3 nitrogen and oxygen atoms in total. The molecule has 1 heterocycles. The zero-order valence-corrected chi connectivity index (χ0v) is 14.7. The Bertz CT molecular complexity index is 870. The normalized spacial score (nSPS) is 11.7. The molecule has 1 aromatic heterocycles. The second-order valence-electron chi connectivity index (χ2n) is 6.41. The third-order valence-corrected chi connectivity index (χ3v) is 3.82. The molecule has 0 aliphatic rings. The average molecular weight is 346 g/mol. The zero-order chi connectivity index (χ0) is 16.6. The Labute approximate surface area is 145 Å². The number of nitrogens with zero attached hydrogens (tertiary/aromatic N) is 2. The number of halogens is 2. The van der Waals surface area contributed by atoms with Crippen molar-refractivity contribution in [3.8, 4) is 11.4 Å². The van der Waals surface area contributed by atoms with Crippen LogP contribution < -0.4 is 5.32 Å². The number of anilines is 1. The van der Waals surface area contributed by atoms with E-state index in [4.69, 9.17) is 28.2 Å². The minimum absolute atomic E-state index is 0.113. The van der Waals surface area contributed by atoms with Crippen LogP contribution in [0.1, 0.15) is 20.8 Å². The van der Waals surface area contributed by atoms with Crippen molar-refractivity contribution < 1.29 is 0 Å². The van der Waals surface area contributed by atoms with Crippen molar-refractivity contribution in [1.29, 1.82) is 0 Å². The molecular weight excluding hydrogens is 329 g/mol. The van der Waals surface area contributed by atoms with Gasteiger partial charge in [0, 0.05) is 21.5 Å². The van der Waals surface area contributed by atoms with Crippen LogP contribution in [0, 0.1) is 0 Å². The number of hydrogen-bond acceptors (Lipinski definition) is 3. The van der Waals surface area contributed by atoms with E-state index < -0.39 is 0 Å². The fourth-order valence-corrected chi connectivity index (χ4v) is 2.81. The summed E-state index contributed by atoms with van der Waals surface area (Å²) in [5, 5.41) is 5.55. The lowest BCUT2D eigenvalue weighted by Crippen LogP contribution is -2.27. The van der Waals surface area contributed by atoms with Crippen LogP contribution in [-0.4, -0.2) is 15.5 Å². The van der Waals surface area contributed by atoms with Crippen molar-refractivity contribution >= 4 is 39.9 Å². The first kappa shape index (κ1) is 16.0. The summed E-state index contributed by atoms with van der Waals surface area (Å²) in [7, 11) is 0. The Morgan fingerprint density at radius 2 is 1.70 bits per heavy atom. The Kier molecular flexibility index (Phi) is 4.17. The summed E-state index contributed by atoms with van der Waals surface area (Å²) in [4.78, 5) is 9.35. The fourth-order valence-electron chi connectivity index (χ4n) is 2.32. The van der Waals surface area contributed by atoms with E-state index in [2.05, 4.69) is 31.1 Å². The zero-order valence-electron chi connectivity index (χ0n) is 13.2. The summed E-state index contributed by atoms with van der Waals surface area (Å²) in [5.74, 6) is 1.38. The highest BCUT2D eigenvalue weighted by molar-refractivity contribution is 6.36. The van der Waals surface area contributed by atoms with Gasteiger partial charge in [0.2, 0.25) is 0 Å². The van der Waals surface area contributed by atoms with Crippen LogP contribution in [0.25, 0.3) is 22.3 Å². The van der Waals surface area contributed by atoms with Crippen LogP contribution in [0.15, 0.2) is 42.5 Å². The smallest absolute Gasteiger partial charge is 0.163 e. The first-order chi connectivity index (χ1) is 10.8. The Hall–Kier alpha value is -1.84. The molecule has 0 spiro atoms. The molecule has 0 radical (unpaired) electrons. The molecule has 0 aliphatic carbocycles. The van der Waals surface area contributed by atoms with Crippen LogP contribution >= 0.6 is 23.2 Å². The van der Waals surface area contributed by atoms with Gasteiger partial charge in [0.25, 0.3) is 0 Å². The van der Waals surface area contributed by atoms with Crippen molar-refractivity contribution in [1.82, 2.24) is 9.97 Å². The summed E-state index contributed by atoms with van der Waals surface area (Å²) in [5.41, 5.74) is 1.52. The standard InChI is InChI=1S/C18H17Cl2N3/c1-18(2,3)23-17-13-6-4-5-7-15(13)21-16(22-17)12-9-8-11(19)10-14(12)20/h4-10H,1-3H3,(H,21,22,23). The topological polar surface area (TPSA) is 37.8 Å². The Morgan fingerprint density at radius 1 is 0.957 bits per heavy atom. The third kappa shape index (κ3) is 3.57. The SMILES string of the molecule is CC(C)(C)Nc1nc(-c2ccc(Cl)cc2Cl)nc2ccccc12. The van der Waals surface area contributed by atoms with E-state index in [1.165, 1.54) is 0 Å². The Morgan fingerprint density at radius 3 is 2.39 bits per heavy atom. The van der Waals surface area contributed by atoms with Crippen molar-refractivity contribution in [3.05, 3.63) is 52.5 Å². The van der Waals surface area contributed by atoms with Crippen LogP contribution in [-0.2, 0) is 0 Å². The average Bonchev–Trinajstić information content (AvgIpc) is 2.45. The molecule has 0 unspecified atom stereocenters. The highest BCUT2D eigenvalue weighted by Crippen LogP contribution is 2.31. The lowest BCUT2D eigenvalue weighted by Gasteiger charge is -2.22. The number of benzene rings is 2. The summed E-state index contributed by atoms with van der Waals surface area (Å²) >= 11 is 12.3. The van der Waals surface area contributed by atoms with Gasteiger partial charge in [-0.2, -0.15) is 0 Å². The first-order valence-electron chi connectivity index (χ1n) is 7.34. The monoisotopic (exact) mass is 345 g/mol. The van der Waals surface area contributed by atoms with Crippen LogP contribution in [0.5, 0.6) is 0 Å². The third-order valence-electron chi connectivity index (χ3n) is 3.27. The number of hydrogen-bond donors (Lipinski definition) is 1. The molecule has 0 aliphatic heterocycles. The van der Waals surface area contributed by atoms with Crippen LogP contribution in [0.3, 0.4) is 0 Å². The van der Waals surface area contributed by atoms with E-state index in [1.807, 2.05) is 30.3 Å². The first-order valence-corrected chi connectivity index (χ1v) is 8.09. The second kappa shape index (κ2) is 5.99.